The first kappa shape index (κ1) is 7.80. The lowest BCUT2D eigenvalue weighted by molar-refractivity contribution is -0.149. The van der Waals surface area contributed by atoms with E-state index in [0.29, 0.717) is 30.7 Å². The standard InChI is InChI=1S/C10H14O3/c1-2-12-10(11)7-4-5-3-6(7)9-8(5)13-9/h5-9H,2-4H2,1H3. The van der Waals surface area contributed by atoms with Gasteiger partial charge in [0.2, 0.25) is 0 Å². The Bertz CT molecular complexity index is 251. The third-order valence-corrected chi connectivity index (χ3v) is 3.69. The summed E-state index contributed by atoms with van der Waals surface area (Å²) >= 11 is 0. The maximum Gasteiger partial charge on any atom is 0.309 e. The molecule has 3 aliphatic rings. The lowest BCUT2D eigenvalue weighted by Crippen LogP contribution is -2.27. The molecule has 0 spiro atoms. The fourth-order valence-electron chi connectivity index (χ4n) is 3.12. The Balaban J connectivity index is 1.70. The number of rotatable bonds is 2. The molecule has 0 N–H and O–H groups in total. The minimum absolute atomic E-state index is 0.00366. The zero-order chi connectivity index (χ0) is 9.00. The molecule has 2 bridgehead atoms. The van der Waals surface area contributed by atoms with Crippen molar-refractivity contribution in [2.24, 2.45) is 17.8 Å². The van der Waals surface area contributed by atoms with Crippen molar-refractivity contribution in [1.82, 2.24) is 0 Å². The number of hydrogen-bond donors (Lipinski definition) is 0. The Morgan fingerprint density at radius 3 is 2.92 bits per heavy atom. The Labute approximate surface area is 77.4 Å². The molecule has 0 aromatic carbocycles. The van der Waals surface area contributed by atoms with Gasteiger partial charge in [-0.3, -0.25) is 4.79 Å². The van der Waals surface area contributed by atoms with Gasteiger partial charge in [0.05, 0.1) is 24.7 Å². The van der Waals surface area contributed by atoms with E-state index >= 15 is 0 Å². The summed E-state index contributed by atoms with van der Waals surface area (Å²) in [6, 6.07) is 0. The van der Waals surface area contributed by atoms with Crippen LogP contribution >= 0.6 is 0 Å². The predicted molar refractivity (Wildman–Crippen MR) is 45.0 cm³/mol. The Morgan fingerprint density at radius 1 is 1.46 bits per heavy atom. The normalized spacial score (nSPS) is 50.4. The Morgan fingerprint density at radius 2 is 2.31 bits per heavy atom. The van der Waals surface area contributed by atoms with Crippen molar-refractivity contribution in [3.05, 3.63) is 0 Å². The zero-order valence-corrected chi connectivity index (χ0v) is 7.73. The van der Waals surface area contributed by atoms with E-state index in [9.17, 15) is 4.79 Å². The third kappa shape index (κ3) is 0.966. The van der Waals surface area contributed by atoms with Crippen LogP contribution in [0.3, 0.4) is 0 Å². The summed E-state index contributed by atoms with van der Waals surface area (Å²) in [6.45, 7) is 2.36. The first-order chi connectivity index (χ1) is 6.31. The molecule has 3 fully saturated rings. The van der Waals surface area contributed by atoms with Gasteiger partial charge >= 0.3 is 5.97 Å². The molecule has 3 rings (SSSR count). The summed E-state index contributed by atoms with van der Waals surface area (Å²) in [5.41, 5.74) is 0. The fourth-order valence-corrected chi connectivity index (χ4v) is 3.12. The van der Waals surface area contributed by atoms with Crippen molar-refractivity contribution in [3.8, 4) is 0 Å². The molecule has 5 unspecified atom stereocenters. The molecular formula is C10H14O3. The first-order valence-corrected chi connectivity index (χ1v) is 5.13. The smallest absolute Gasteiger partial charge is 0.309 e. The van der Waals surface area contributed by atoms with E-state index in [4.69, 9.17) is 9.47 Å². The summed E-state index contributed by atoms with van der Waals surface area (Å²) in [6.07, 6.45) is 3.12. The van der Waals surface area contributed by atoms with E-state index in [0.717, 1.165) is 6.42 Å². The topological polar surface area (TPSA) is 38.8 Å². The highest BCUT2D eigenvalue weighted by Crippen LogP contribution is 2.58. The maximum absolute atomic E-state index is 11.5. The fraction of sp³-hybridized carbons (Fsp3) is 0.900. The van der Waals surface area contributed by atoms with Crippen molar-refractivity contribution in [3.63, 3.8) is 0 Å². The van der Waals surface area contributed by atoms with Gasteiger partial charge in [-0.2, -0.15) is 0 Å². The quantitative estimate of drug-likeness (QED) is 0.472. The molecule has 1 aliphatic heterocycles. The van der Waals surface area contributed by atoms with E-state index in [1.165, 1.54) is 6.42 Å². The molecule has 3 nitrogen and oxygen atoms in total. The van der Waals surface area contributed by atoms with Crippen LogP contribution < -0.4 is 0 Å². The summed E-state index contributed by atoms with van der Waals surface area (Å²) in [4.78, 5) is 11.5. The van der Waals surface area contributed by atoms with Gasteiger partial charge in [-0.1, -0.05) is 0 Å². The molecule has 2 saturated carbocycles. The van der Waals surface area contributed by atoms with Crippen LogP contribution in [0.2, 0.25) is 0 Å². The van der Waals surface area contributed by atoms with Crippen molar-refractivity contribution in [2.75, 3.05) is 6.61 Å². The zero-order valence-electron chi connectivity index (χ0n) is 7.73. The number of fused-ring (bicyclic) bond motifs is 5. The van der Waals surface area contributed by atoms with Gasteiger partial charge in [0.15, 0.2) is 0 Å². The van der Waals surface area contributed by atoms with Crippen LogP contribution in [0.15, 0.2) is 0 Å². The average Bonchev–Trinajstić information content (AvgIpc) is 2.72. The highest BCUT2D eigenvalue weighted by atomic mass is 16.6. The molecule has 72 valence electrons. The van der Waals surface area contributed by atoms with Crippen LogP contribution in [0.25, 0.3) is 0 Å². The molecule has 0 aromatic heterocycles. The molecular weight excluding hydrogens is 168 g/mol. The van der Waals surface area contributed by atoms with Crippen LogP contribution in [0.1, 0.15) is 19.8 Å². The molecule has 3 heteroatoms. The summed E-state index contributed by atoms with van der Waals surface area (Å²) in [5, 5.41) is 0. The second kappa shape index (κ2) is 2.47. The molecule has 5 atom stereocenters. The molecule has 2 aliphatic carbocycles. The van der Waals surface area contributed by atoms with E-state index < -0.39 is 0 Å². The monoisotopic (exact) mass is 182 g/mol. The van der Waals surface area contributed by atoms with Crippen LogP contribution in [0.4, 0.5) is 0 Å². The minimum Gasteiger partial charge on any atom is -0.466 e. The van der Waals surface area contributed by atoms with E-state index in [-0.39, 0.29) is 11.9 Å². The van der Waals surface area contributed by atoms with Crippen LogP contribution in [-0.2, 0) is 14.3 Å². The van der Waals surface area contributed by atoms with Crippen molar-refractivity contribution >= 4 is 5.97 Å². The Hall–Kier alpha value is -0.570. The highest BCUT2D eigenvalue weighted by molar-refractivity contribution is 5.73. The highest BCUT2D eigenvalue weighted by Gasteiger charge is 2.64. The number of hydrogen-bond acceptors (Lipinski definition) is 3. The second-order valence-electron chi connectivity index (χ2n) is 4.32. The lowest BCUT2D eigenvalue weighted by atomic mass is 9.89. The number of epoxide rings is 1. The van der Waals surface area contributed by atoms with Crippen LogP contribution in [0.5, 0.6) is 0 Å². The third-order valence-electron chi connectivity index (χ3n) is 3.69. The van der Waals surface area contributed by atoms with Crippen molar-refractivity contribution in [2.45, 2.75) is 32.0 Å². The van der Waals surface area contributed by atoms with Crippen LogP contribution in [-0.4, -0.2) is 24.8 Å². The minimum atomic E-state index is 0.00366. The average molecular weight is 182 g/mol. The molecule has 0 radical (unpaired) electrons. The molecule has 1 saturated heterocycles. The van der Waals surface area contributed by atoms with Gasteiger partial charge in [-0.25, -0.2) is 0 Å². The number of esters is 1. The SMILES string of the molecule is CCOC(=O)C1CC2CC1C1OC21. The summed E-state index contributed by atoms with van der Waals surface area (Å²) < 4.78 is 10.5. The van der Waals surface area contributed by atoms with E-state index in [2.05, 4.69) is 0 Å². The molecule has 1 heterocycles. The molecule has 0 aromatic rings. The molecule has 0 amide bonds. The van der Waals surface area contributed by atoms with E-state index in [1.54, 1.807) is 0 Å². The van der Waals surface area contributed by atoms with Crippen molar-refractivity contribution in [1.29, 1.82) is 0 Å². The largest absolute Gasteiger partial charge is 0.466 e. The van der Waals surface area contributed by atoms with Gasteiger partial charge in [0.1, 0.15) is 0 Å². The van der Waals surface area contributed by atoms with Crippen molar-refractivity contribution < 1.29 is 14.3 Å². The van der Waals surface area contributed by atoms with Gasteiger partial charge in [-0.15, -0.1) is 0 Å². The van der Waals surface area contributed by atoms with Gasteiger partial charge in [-0.05, 0) is 25.7 Å². The van der Waals surface area contributed by atoms with Gasteiger partial charge in [0.25, 0.3) is 0 Å². The second-order valence-corrected chi connectivity index (χ2v) is 4.32. The van der Waals surface area contributed by atoms with Gasteiger partial charge < -0.3 is 9.47 Å². The molecule has 13 heavy (non-hydrogen) atoms. The number of carbonyl (C=O) groups excluding carboxylic acids is 1. The van der Waals surface area contributed by atoms with E-state index in [1.807, 2.05) is 6.92 Å². The first-order valence-electron chi connectivity index (χ1n) is 5.13. The number of carbonyl (C=O) groups is 1. The predicted octanol–water partition coefficient (Wildman–Crippen LogP) is 0.973. The summed E-state index contributed by atoms with van der Waals surface area (Å²) in [5.74, 6) is 1.29. The van der Waals surface area contributed by atoms with Gasteiger partial charge in [0, 0.05) is 5.92 Å². The Kier molecular flexibility index (Phi) is 1.48. The van der Waals surface area contributed by atoms with Crippen LogP contribution in [0, 0.1) is 17.8 Å². The lowest BCUT2D eigenvalue weighted by Gasteiger charge is -2.16. The maximum atomic E-state index is 11.5. The number of ether oxygens (including phenoxy) is 2. The summed E-state index contributed by atoms with van der Waals surface area (Å²) in [7, 11) is 0.